The first-order valence-electron chi connectivity index (χ1n) is 5.56. The minimum Gasteiger partial charge on any atom is -0.461 e. The first-order chi connectivity index (χ1) is 7.93. The third kappa shape index (κ3) is 3.42. The average Bonchev–Trinajstić information content (AvgIpc) is 2.77. The molecule has 5 nitrogen and oxygen atoms in total. The van der Waals surface area contributed by atoms with Gasteiger partial charge in [0.05, 0.1) is 18.8 Å². The Morgan fingerprint density at radius 1 is 1.41 bits per heavy atom. The average molecular weight is 238 g/mol. The number of hydrogen-bond donors (Lipinski definition) is 1. The van der Waals surface area contributed by atoms with Gasteiger partial charge in [-0.05, 0) is 32.9 Å². The van der Waals surface area contributed by atoms with E-state index in [9.17, 15) is 9.59 Å². The number of hydrogen-bond acceptors (Lipinski definition) is 4. The molecular formula is C12H18N2O3. The quantitative estimate of drug-likeness (QED) is 0.778. The second kappa shape index (κ2) is 5.63. The molecule has 0 saturated carbocycles. The molecule has 1 rings (SSSR count). The zero-order chi connectivity index (χ0) is 13.0. The normalized spacial score (nSPS) is 12.5. The highest BCUT2D eigenvalue weighted by Crippen LogP contribution is 2.07. The summed E-state index contributed by atoms with van der Waals surface area (Å²) in [6, 6.07) is 2.53. The molecule has 0 aliphatic rings. The largest absolute Gasteiger partial charge is 0.461 e. The maximum absolute atomic E-state index is 11.8. The van der Waals surface area contributed by atoms with E-state index in [1.54, 1.807) is 19.1 Å². The molecule has 0 radical (unpaired) electrons. The van der Waals surface area contributed by atoms with Gasteiger partial charge in [-0.2, -0.15) is 0 Å². The number of carbonyl (C=O) groups excluding carboxylic acids is 2. The van der Waals surface area contributed by atoms with Gasteiger partial charge in [0.1, 0.15) is 0 Å². The second-order valence-electron chi connectivity index (χ2n) is 4.25. The molecule has 1 atom stereocenters. The van der Waals surface area contributed by atoms with Crippen LogP contribution in [0.1, 0.15) is 31.3 Å². The molecule has 2 N–H and O–H groups in total. The van der Waals surface area contributed by atoms with Crippen molar-refractivity contribution < 1.29 is 14.0 Å². The predicted octanol–water partition coefficient (Wildman–Crippen LogP) is 1.05. The number of ketones is 1. The topological polar surface area (TPSA) is 76.5 Å². The predicted molar refractivity (Wildman–Crippen MR) is 63.5 cm³/mol. The van der Waals surface area contributed by atoms with Crippen molar-refractivity contribution in [2.24, 2.45) is 5.73 Å². The van der Waals surface area contributed by atoms with Crippen molar-refractivity contribution in [3.63, 3.8) is 0 Å². The Morgan fingerprint density at radius 2 is 2.06 bits per heavy atom. The monoisotopic (exact) mass is 238 g/mol. The van der Waals surface area contributed by atoms with Gasteiger partial charge in [-0.1, -0.05) is 0 Å². The first kappa shape index (κ1) is 13.4. The van der Waals surface area contributed by atoms with E-state index in [-0.39, 0.29) is 30.0 Å². The van der Waals surface area contributed by atoms with Crippen LogP contribution in [-0.4, -0.2) is 35.2 Å². The standard InChI is InChI=1S/C12H18N2O3/c1-8(2)14(12(16)9(3)13)7-10(15)11-5-4-6-17-11/h4-6,8-9H,7,13H2,1-3H3. The molecule has 0 aromatic carbocycles. The van der Waals surface area contributed by atoms with E-state index in [1.165, 1.54) is 11.2 Å². The Morgan fingerprint density at radius 3 is 2.47 bits per heavy atom. The van der Waals surface area contributed by atoms with Crippen molar-refractivity contribution in [3.05, 3.63) is 24.2 Å². The molecule has 1 heterocycles. The highest BCUT2D eigenvalue weighted by atomic mass is 16.3. The third-order valence-electron chi connectivity index (χ3n) is 2.41. The number of carbonyl (C=O) groups is 2. The van der Waals surface area contributed by atoms with Crippen molar-refractivity contribution >= 4 is 11.7 Å². The fourth-order valence-electron chi connectivity index (χ4n) is 1.45. The van der Waals surface area contributed by atoms with Gasteiger partial charge in [0.15, 0.2) is 5.76 Å². The highest BCUT2D eigenvalue weighted by Gasteiger charge is 2.24. The Bertz CT molecular complexity index is 382. The van der Waals surface area contributed by atoms with E-state index in [0.29, 0.717) is 0 Å². The van der Waals surface area contributed by atoms with Crippen molar-refractivity contribution in [3.8, 4) is 0 Å². The smallest absolute Gasteiger partial charge is 0.239 e. The number of Topliss-reactive ketones (excluding diaryl/α,β-unsaturated/α-hetero) is 1. The molecule has 0 aliphatic heterocycles. The molecule has 1 unspecified atom stereocenters. The lowest BCUT2D eigenvalue weighted by Crippen LogP contribution is -2.47. The molecule has 5 heteroatoms. The van der Waals surface area contributed by atoms with Crippen molar-refractivity contribution in [1.29, 1.82) is 0 Å². The van der Waals surface area contributed by atoms with Gasteiger partial charge < -0.3 is 15.1 Å². The fourth-order valence-corrected chi connectivity index (χ4v) is 1.45. The minimum absolute atomic E-state index is 0.00838. The molecule has 0 bridgehead atoms. The maximum Gasteiger partial charge on any atom is 0.239 e. The number of nitrogens with zero attached hydrogens (tertiary/aromatic N) is 1. The molecule has 94 valence electrons. The van der Waals surface area contributed by atoms with Crippen LogP contribution < -0.4 is 5.73 Å². The summed E-state index contributed by atoms with van der Waals surface area (Å²) in [6.07, 6.45) is 1.43. The molecule has 0 aliphatic carbocycles. The van der Waals surface area contributed by atoms with Crippen LogP contribution in [0.5, 0.6) is 0 Å². The number of rotatable bonds is 5. The second-order valence-corrected chi connectivity index (χ2v) is 4.25. The van der Waals surface area contributed by atoms with Gasteiger partial charge in [-0.15, -0.1) is 0 Å². The summed E-state index contributed by atoms with van der Waals surface area (Å²) >= 11 is 0. The van der Waals surface area contributed by atoms with Crippen molar-refractivity contribution in [2.45, 2.75) is 32.9 Å². The van der Waals surface area contributed by atoms with Crippen LogP contribution in [0, 0.1) is 0 Å². The van der Waals surface area contributed by atoms with Crippen molar-refractivity contribution in [1.82, 2.24) is 4.90 Å². The summed E-state index contributed by atoms with van der Waals surface area (Å²) in [5.41, 5.74) is 5.54. The van der Waals surface area contributed by atoms with E-state index in [1.807, 2.05) is 13.8 Å². The van der Waals surface area contributed by atoms with E-state index in [4.69, 9.17) is 10.2 Å². The molecule has 1 aromatic heterocycles. The van der Waals surface area contributed by atoms with Crippen LogP contribution in [0.15, 0.2) is 22.8 Å². The first-order valence-corrected chi connectivity index (χ1v) is 5.56. The zero-order valence-corrected chi connectivity index (χ0v) is 10.3. The summed E-state index contributed by atoms with van der Waals surface area (Å²) in [4.78, 5) is 25.1. The Balaban J connectivity index is 2.74. The van der Waals surface area contributed by atoms with E-state index >= 15 is 0 Å². The summed E-state index contributed by atoms with van der Waals surface area (Å²) in [6.45, 7) is 5.28. The molecule has 17 heavy (non-hydrogen) atoms. The van der Waals surface area contributed by atoms with E-state index in [0.717, 1.165) is 0 Å². The lowest BCUT2D eigenvalue weighted by molar-refractivity contribution is -0.133. The lowest BCUT2D eigenvalue weighted by atomic mass is 10.2. The van der Waals surface area contributed by atoms with Gasteiger partial charge >= 0.3 is 0 Å². The minimum atomic E-state index is -0.609. The van der Waals surface area contributed by atoms with Crippen molar-refractivity contribution in [2.75, 3.05) is 6.54 Å². The Labute approximate surface area is 101 Å². The van der Waals surface area contributed by atoms with Crippen LogP contribution in [0.4, 0.5) is 0 Å². The van der Waals surface area contributed by atoms with E-state index in [2.05, 4.69) is 0 Å². The number of furan rings is 1. The number of amides is 1. The van der Waals surface area contributed by atoms with Crippen LogP contribution in [0.2, 0.25) is 0 Å². The number of nitrogens with two attached hydrogens (primary N) is 1. The Kier molecular flexibility index (Phi) is 4.45. The molecule has 1 amide bonds. The summed E-state index contributed by atoms with van der Waals surface area (Å²) < 4.78 is 5.00. The van der Waals surface area contributed by atoms with E-state index < -0.39 is 6.04 Å². The summed E-state index contributed by atoms with van der Waals surface area (Å²) in [5.74, 6) is -0.203. The lowest BCUT2D eigenvalue weighted by Gasteiger charge is -2.27. The van der Waals surface area contributed by atoms with Gasteiger partial charge in [0.25, 0.3) is 0 Å². The Hall–Kier alpha value is -1.62. The zero-order valence-electron chi connectivity index (χ0n) is 10.3. The summed E-state index contributed by atoms with van der Waals surface area (Å²) in [5, 5.41) is 0. The van der Waals surface area contributed by atoms with Crippen LogP contribution in [0.3, 0.4) is 0 Å². The van der Waals surface area contributed by atoms with Crippen LogP contribution in [0.25, 0.3) is 0 Å². The van der Waals surface area contributed by atoms with Gasteiger partial charge in [0, 0.05) is 6.04 Å². The van der Waals surface area contributed by atoms with Gasteiger partial charge in [-0.25, -0.2) is 0 Å². The molecule has 1 aromatic rings. The molecular weight excluding hydrogens is 220 g/mol. The summed E-state index contributed by atoms with van der Waals surface area (Å²) in [7, 11) is 0. The SMILES string of the molecule is CC(N)C(=O)N(CC(=O)c1ccco1)C(C)C. The van der Waals surface area contributed by atoms with Gasteiger partial charge in [-0.3, -0.25) is 9.59 Å². The van der Waals surface area contributed by atoms with Crippen LogP contribution in [-0.2, 0) is 4.79 Å². The van der Waals surface area contributed by atoms with Gasteiger partial charge in [0.2, 0.25) is 11.7 Å². The maximum atomic E-state index is 11.8. The molecule has 0 spiro atoms. The molecule has 0 saturated heterocycles. The fraction of sp³-hybridized carbons (Fsp3) is 0.500. The van der Waals surface area contributed by atoms with Crippen LogP contribution >= 0.6 is 0 Å². The molecule has 0 fully saturated rings. The highest BCUT2D eigenvalue weighted by molar-refractivity contribution is 5.97. The third-order valence-corrected chi connectivity index (χ3v) is 2.41.